The molecule has 3 rings (SSSR count). The van der Waals surface area contributed by atoms with Crippen LogP contribution in [0.4, 0.5) is 11.6 Å². The molecule has 1 atom stereocenters. The van der Waals surface area contributed by atoms with Crippen molar-refractivity contribution in [2.75, 3.05) is 24.3 Å². The standard InChI is InChI=1S/C17H20Cl2N4O/c1-10(11-4-6-24-7-5-11)22-16-3-2-13(18)17(23-16)12-8-15(20)21-9-14(12)19/h2-3,8-11H,4-7H2,1H3,(H2,20,21)(H,22,23). The molecule has 0 radical (unpaired) electrons. The Morgan fingerprint density at radius 1 is 1.25 bits per heavy atom. The van der Waals surface area contributed by atoms with E-state index in [0.717, 1.165) is 31.9 Å². The van der Waals surface area contributed by atoms with E-state index >= 15 is 0 Å². The maximum atomic E-state index is 6.31. The van der Waals surface area contributed by atoms with Crippen LogP contribution in [0.5, 0.6) is 0 Å². The molecule has 2 aromatic heterocycles. The number of pyridine rings is 2. The number of hydrogen-bond acceptors (Lipinski definition) is 5. The van der Waals surface area contributed by atoms with Gasteiger partial charge in [-0.05, 0) is 43.9 Å². The predicted molar refractivity (Wildman–Crippen MR) is 98.5 cm³/mol. The molecule has 1 saturated heterocycles. The minimum Gasteiger partial charge on any atom is -0.384 e. The van der Waals surface area contributed by atoms with Gasteiger partial charge in [-0.15, -0.1) is 0 Å². The molecule has 24 heavy (non-hydrogen) atoms. The molecule has 1 fully saturated rings. The monoisotopic (exact) mass is 366 g/mol. The Labute approximate surface area is 151 Å². The van der Waals surface area contributed by atoms with Crippen molar-refractivity contribution in [1.29, 1.82) is 0 Å². The van der Waals surface area contributed by atoms with Gasteiger partial charge in [-0.25, -0.2) is 9.97 Å². The number of nitrogens with one attached hydrogen (secondary N) is 1. The molecule has 1 unspecified atom stereocenters. The van der Waals surface area contributed by atoms with Crippen LogP contribution in [0, 0.1) is 5.92 Å². The molecule has 128 valence electrons. The Balaban J connectivity index is 1.84. The zero-order chi connectivity index (χ0) is 17.1. The third-order valence-corrected chi connectivity index (χ3v) is 4.93. The average Bonchev–Trinajstić information content (AvgIpc) is 2.59. The highest BCUT2D eigenvalue weighted by Gasteiger charge is 2.21. The van der Waals surface area contributed by atoms with Gasteiger partial charge in [0, 0.05) is 31.0 Å². The second kappa shape index (κ2) is 7.55. The van der Waals surface area contributed by atoms with Crippen LogP contribution in [0.1, 0.15) is 19.8 Å². The van der Waals surface area contributed by atoms with Crippen molar-refractivity contribution in [3.8, 4) is 11.3 Å². The SMILES string of the molecule is CC(Nc1ccc(Cl)c(-c2cc(N)ncc2Cl)n1)C1CCOCC1. The minimum absolute atomic E-state index is 0.299. The van der Waals surface area contributed by atoms with Crippen LogP contribution in [0.3, 0.4) is 0 Å². The van der Waals surface area contributed by atoms with Crippen LogP contribution < -0.4 is 11.1 Å². The first-order valence-electron chi connectivity index (χ1n) is 7.97. The molecule has 7 heteroatoms. The van der Waals surface area contributed by atoms with Gasteiger partial charge < -0.3 is 15.8 Å². The summed E-state index contributed by atoms with van der Waals surface area (Å²) in [7, 11) is 0. The molecule has 0 aromatic carbocycles. The van der Waals surface area contributed by atoms with Crippen molar-refractivity contribution in [1.82, 2.24) is 9.97 Å². The normalized spacial score (nSPS) is 16.8. The Morgan fingerprint density at radius 3 is 2.75 bits per heavy atom. The van der Waals surface area contributed by atoms with Gasteiger partial charge >= 0.3 is 0 Å². The van der Waals surface area contributed by atoms with Crippen LogP contribution in [0.2, 0.25) is 10.0 Å². The first kappa shape index (κ1) is 17.3. The van der Waals surface area contributed by atoms with E-state index in [1.807, 2.05) is 12.1 Å². The average molecular weight is 367 g/mol. The molecule has 5 nitrogen and oxygen atoms in total. The van der Waals surface area contributed by atoms with E-state index in [4.69, 9.17) is 33.7 Å². The number of nitrogen functional groups attached to an aromatic ring is 1. The van der Waals surface area contributed by atoms with Crippen molar-refractivity contribution < 1.29 is 4.74 Å². The molecular formula is C17H20Cl2N4O. The summed E-state index contributed by atoms with van der Waals surface area (Å²) >= 11 is 12.5. The van der Waals surface area contributed by atoms with E-state index < -0.39 is 0 Å². The number of halogens is 2. The zero-order valence-corrected chi connectivity index (χ0v) is 14.9. The quantitative estimate of drug-likeness (QED) is 0.845. The van der Waals surface area contributed by atoms with E-state index in [-0.39, 0.29) is 0 Å². The van der Waals surface area contributed by atoms with Gasteiger partial charge in [0.15, 0.2) is 0 Å². The van der Waals surface area contributed by atoms with E-state index in [9.17, 15) is 0 Å². The largest absolute Gasteiger partial charge is 0.384 e. The van der Waals surface area contributed by atoms with E-state index in [1.165, 1.54) is 6.20 Å². The molecule has 0 spiro atoms. The lowest BCUT2D eigenvalue weighted by atomic mass is 9.93. The molecule has 1 aliphatic heterocycles. The summed E-state index contributed by atoms with van der Waals surface area (Å²) in [6.07, 6.45) is 3.62. The fraction of sp³-hybridized carbons (Fsp3) is 0.412. The van der Waals surface area contributed by atoms with Gasteiger partial charge in [0.1, 0.15) is 11.6 Å². The van der Waals surface area contributed by atoms with Crippen molar-refractivity contribution in [3.05, 3.63) is 34.4 Å². The Morgan fingerprint density at radius 2 is 2.00 bits per heavy atom. The van der Waals surface area contributed by atoms with Gasteiger partial charge in [-0.1, -0.05) is 23.2 Å². The zero-order valence-electron chi connectivity index (χ0n) is 13.4. The van der Waals surface area contributed by atoms with Gasteiger partial charge in [-0.2, -0.15) is 0 Å². The first-order valence-corrected chi connectivity index (χ1v) is 8.72. The second-order valence-corrected chi connectivity index (χ2v) is 6.81. The third kappa shape index (κ3) is 3.91. The highest BCUT2D eigenvalue weighted by Crippen LogP contribution is 2.33. The van der Waals surface area contributed by atoms with Crippen LogP contribution in [-0.2, 0) is 4.74 Å². The number of ether oxygens (including phenoxy) is 1. The number of rotatable bonds is 4. The summed E-state index contributed by atoms with van der Waals surface area (Å²) in [5.74, 6) is 1.71. The van der Waals surface area contributed by atoms with Crippen molar-refractivity contribution in [2.24, 2.45) is 5.92 Å². The van der Waals surface area contributed by atoms with Crippen LogP contribution in [0.15, 0.2) is 24.4 Å². The summed E-state index contributed by atoms with van der Waals surface area (Å²) in [5.41, 5.74) is 7.04. The van der Waals surface area contributed by atoms with Gasteiger partial charge in [-0.3, -0.25) is 0 Å². The fourth-order valence-corrected chi connectivity index (χ4v) is 3.31. The number of aromatic nitrogens is 2. The summed E-state index contributed by atoms with van der Waals surface area (Å²) in [4.78, 5) is 8.61. The Hall–Kier alpha value is -1.56. The van der Waals surface area contributed by atoms with E-state index in [2.05, 4.69) is 22.2 Å². The molecule has 0 aliphatic carbocycles. The number of nitrogens with zero attached hydrogens (tertiary/aromatic N) is 2. The van der Waals surface area contributed by atoms with Crippen molar-refractivity contribution in [3.63, 3.8) is 0 Å². The molecule has 2 aromatic rings. The predicted octanol–water partition coefficient (Wildman–Crippen LogP) is 4.26. The second-order valence-electron chi connectivity index (χ2n) is 6.00. The number of nitrogens with two attached hydrogens (primary N) is 1. The summed E-state index contributed by atoms with van der Waals surface area (Å²) in [6.45, 7) is 3.81. The van der Waals surface area contributed by atoms with E-state index in [1.54, 1.807) is 6.07 Å². The third-order valence-electron chi connectivity index (χ3n) is 4.33. The maximum Gasteiger partial charge on any atom is 0.126 e. The van der Waals surface area contributed by atoms with Crippen LogP contribution in [0.25, 0.3) is 11.3 Å². The molecular weight excluding hydrogens is 347 g/mol. The highest BCUT2D eigenvalue weighted by molar-refractivity contribution is 6.36. The van der Waals surface area contributed by atoms with Gasteiger partial charge in [0.25, 0.3) is 0 Å². The minimum atomic E-state index is 0.299. The van der Waals surface area contributed by atoms with Crippen molar-refractivity contribution >= 4 is 34.8 Å². The first-order chi connectivity index (χ1) is 11.5. The lowest BCUT2D eigenvalue weighted by molar-refractivity contribution is 0.0622. The topological polar surface area (TPSA) is 73.1 Å². The van der Waals surface area contributed by atoms with Crippen LogP contribution in [-0.4, -0.2) is 29.2 Å². The maximum absolute atomic E-state index is 6.31. The molecule has 0 bridgehead atoms. The molecule has 0 saturated carbocycles. The summed E-state index contributed by atoms with van der Waals surface area (Å²) < 4.78 is 5.42. The fourth-order valence-electron chi connectivity index (χ4n) is 2.91. The summed E-state index contributed by atoms with van der Waals surface area (Å²) in [6, 6.07) is 5.67. The van der Waals surface area contributed by atoms with E-state index in [0.29, 0.717) is 39.1 Å². The smallest absolute Gasteiger partial charge is 0.126 e. The van der Waals surface area contributed by atoms with Crippen molar-refractivity contribution in [2.45, 2.75) is 25.8 Å². The summed E-state index contributed by atoms with van der Waals surface area (Å²) in [5, 5.41) is 4.45. The molecule has 1 aliphatic rings. The molecule has 3 N–H and O–H groups in total. The Bertz CT molecular complexity index is 720. The van der Waals surface area contributed by atoms with Crippen LogP contribution >= 0.6 is 23.2 Å². The molecule has 3 heterocycles. The molecule has 0 amide bonds. The van der Waals surface area contributed by atoms with Gasteiger partial charge in [0.05, 0.1) is 15.7 Å². The lowest BCUT2D eigenvalue weighted by Gasteiger charge is -2.28. The highest BCUT2D eigenvalue weighted by atomic mass is 35.5. The number of hydrogen-bond donors (Lipinski definition) is 2. The van der Waals surface area contributed by atoms with Gasteiger partial charge in [0.2, 0.25) is 0 Å². The lowest BCUT2D eigenvalue weighted by Crippen LogP contribution is -2.31. The Kier molecular flexibility index (Phi) is 5.43. The number of anilines is 2.